The smallest absolute Gasteiger partial charge is 0.303 e. The van der Waals surface area contributed by atoms with Crippen LogP contribution in [-0.4, -0.2) is 27.0 Å². The molecule has 0 saturated heterocycles. The van der Waals surface area contributed by atoms with Gasteiger partial charge in [-0.25, -0.2) is 0 Å². The van der Waals surface area contributed by atoms with E-state index in [9.17, 15) is 4.79 Å². The molecule has 2 rings (SSSR count). The average molecular weight is 318 g/mol. The first-order valence-corrected chi connectivity index (χ1v) is 8.66. The van der Waals surface area contributed by atoms with Crippen molar-refractivity contribution in [2.24, 2.45) is 0 Å². The molecule has 5 heteroatoms. The highest BCUT2D eigenvalue weighted by molar-refractivity contribution is 7.99. The largest absolute Gasteiger partial charge is 0.481 e. The van der Waals surface area contributed by atoms with Crippen LogP contribution in [0.4, 0.5) is 0 Å². The quantitative estimate of drug-likeness (QED) is 0.532. The van der Waals surface area contributed by atoms with Crippen LogP contribution >= 0.6 is 11.8 Å². The summed E-state index contributed by atoms with van der Waals surface area (Å²) in [5.74, 6) is 0.368. The molecule has 0 amide bonds. The molecule has 0 aliphatic rings. The Kier molecular flexibility index (Phi) is 6.52. The summed E-state index contributed by atoms with van der Waals surface area (Å²) in [7, 11) is 0. The molecule has 22 heavy (non-hydrogen) atoms. The van der Waals surface area contributed by atoms with E-state index in [4.69, 9.17) is 5.11 Å². The Morgan fingerprint density at radius 1 is 1.27 bits per heavy atom. The normalized spacial score (nSPS) is 10.8. The number of hydrogen-bond donors (Lipinski definition) is 2. The second kappa shape index (κ2) is 8.63. The van der Waals surface area contributed by atoms with Crippen molar-refractivity contribution in [3.8, 4) is 11.3 Å². The number of rotatable bonds is 9. The van der Waals surface area contributed by atoms with Crippen molar-refractivity contribution in [3.63, 3.8) is 0 Å². The van der Waals surface area contributed by atoms with Gasteiger partial charge in [0, 0.05) is 11.3 Å². The van der Waals surface area contributed by atoms with Crippen molar-refractivity contribution in [2.45, 2.75) is 43.9 Å². The average Bonchev–Trinajstić information content (AvgIpc) is 2.99. The van der Waals surface area contributed by atoms with Gasteiger partial charge in [0.05, 0.1) is 11.9 Å². The van der Waals surface area contributed by atoms with Gasteiger partial charge in [-0.1, -0.05) is 31.9 Å². The minimum atomic E-state index is -0.786. The molecule has 0 aliphatic carbocycles. The van der Waals surface area contributed by atoms with Crippen molar-refractivity contribution in [1.29, 1.82) is 0 Å². The molecule has 1 heterocycles. The fraction of sp³-hybridized carbons (Fsp3) is 0.412. The molecule has 0 fully saturated rings. The van der Waals surface area contributed by atoms with Crippen molar-refractivity contribution < 1.29 is 9.90 Å². The maximum absolute atomic E-state index is 10.7. The summed E-state index contributed by atoms with van der Waals surface area (Å²) in [6.07, 6.45) is 6.12. The van der Waals surface area contributed by atoms with Gasteiger partial charge in [0.25, 0.3) is 0 Å². The van der Waals surface area contributed by atoms with E-state index in [1.54, 1.807) is 6.20 Å². The van der Waals surface area contributed by atoms with Gasteiger partial charge in [-0.2, -0.15) is 5.10 Å². The van der Waals surface area contributed by atoms with E-state index >= 15 is 0 Å². The van der Waals surface area contributed by atoms with Gasteiger partial charge in [-0.15, -0.1) is 11.8 Å². The fourth-order valence-corrected chi connectivity index (χ4v) is 3.16. The summed E-state index contributed by atoms with van der Waals surface area (Å²) in [5, 5.41) is 15.8. The molecule has 0 spiro atoms. The number of aromatic amines is 1. The summed E-state index contributed by atoms with van der Waals surface area (Å²) in [6.45, 7) is 2.21. The number of thioether (sulfide) groups is 1. The van der Waals surface area contributed by atoms with E-state index in [1.807, 2.05) is 11.8 Å². The number of aliphatic carboxylic acids is 1. The van der Waals surface area contributed by atoms with Gasteiger partial charge in [0.2, 0.25) is 0 Å². The molecule has 118 valence electrons. The van der Waals surface area contributed by atoms with Crippen LogP contribution in [0.2, 0.25) is 0 Å². The molecule has 0 saturated carbocycles. The van der Waals surface area contributed by atoms with Gasteiger partial charge in [0.15, 0.2) is 0 Å². The van der Waals surface area contributed by atoms with Crippen LogP contribution in [0.25, 0.3) is 11.3 Å². The third kappa shape index (κ3) is 4.91. The molecule has 2 aromatic rings. The van der Waals surface area contributed by atoms with Crippen LogP contribution in [0.3, 0.4) is 0 Å². The van der Waals surface area contributed by atoms with Crippen molar-refractivity contribution in [1.82, 2.24) is 10.2 Å². The number of nitrogens with zero attached hydrogens (tertiary/aromatic N) is 1. The van der Waals surface area contributed by atoms with Crippen LogP contribution in [0.5, 0.6) is 0 Å². The maximum atomic E-state index is 10.7. The first kappa shape index (κ1) is 16.6. The number of hydrogen-bond acceptors (Lipinski definition) is 3. The van der Waals surface area contributed by atoms with Crippen molar-refractivity contribution >= 4 is 17.7 Å². The number of benzene rings is 1. The van der Waals surface area contributed by atoms with E-state index in [0.717, 1.165) is 22.6 Å². The molecule has 0 atom stereocenters. The number of carboxylic acids is 1. The fourth-order valence-electron chi connectivity index (χ4n) is 2.25. The number of aryl methyl sites for hydroxylation is 1. The predicted molar refractivity (Wildman–Crippen MR) is 90.2 cm³/mol. The zero-order valence-electron chi connectivity index (χ0n) is 12.8. The third-order valence-corrected chi connectivity index (χ3v) is 4.58. The Balaban J connectivity index is 1.98. The van der Waals surface area contributed by atoms with Crippen LogP contribution in [0.15, 0.2) is 35.4 Å². The Morgan fingerprint density at radius 3 is 2.73 bits per heavy atom. The highest BCUT2D eigenvalue weighted by Crippen LogP contribution is 2.26. The summed E-state index contributed by atoms with van der Waals surface area (Å²) in [6, 6.07) is 8.38. The number of carboxylic acid groups (broad SMARTS) is 1. The molecule has 4 nitrogen and oxygen atoms in total. The zero-order chi connectivity index (χ0) is 15.8. The number of H-pyrrole nitrogens is 1. The zero-order valence-corrected chi connectivity index (χ0v) is 13.7. The van der Waals surface area contributed by atoms with Gasteiger partial charge < -0.3 is 5.11 Å². The SMILES string of the molecule is CCCCCSc1ccc(-c2[nH]ncc2CCC(=O)O)cc1. The highest BCUT2D eigenvalue weighted by atomic mass is 32.2. The number of unbranched alkanes of at least 4 members (excludes halogenated alkanes) is 2. The summed E-state index contributed by atoms with van der Waals surface area (Å²) in [4.78, 5) is 12.0. The van der Waals surface area contributed by atoms with Crippen LogP contribution < -0.4 is 0 Å². The monoisotopic (exact) mass is 318 g/mol. The van der Waals surface area contributed by atoms with Crippen LogP contribution in [0, 0.1) is 0 Å². The lowest BCUT2D eigenvalue weighted by atomic mass is 10.0. The Morgan fingerprint density at radius 2 is 2.05 bits per heavy atom. The van der Waals surface area contributed by atoms with E-state index in [2.05, 4.69) is 41.4 Å². The van der Waals surface area contributed by atoms with Crippen molar-refractivity contribution in [2.75, 3.05) is 5.75 Å². The molecule has 2 N–H and O–H groups in total. The first-order chi connectivity index (χ1) is 10.7. The summed E-state index contributed by atoms with van der Waals surface area (Å²) in [5.41, 5.74) is 2.92. The second-order valence-electron chi connectivity index (χ2n) is 5.24. The van der Waals surface area contributed by atoms with Gasteiger partial charge in [-0.3, -0.25) is 9.89 Å². The topological polar surface area (TPSA) is 66.0 Å². The van der Waals surface area contributed by atoms with E-state index in [1.165, 1.54) is 24.2 Å². The predicted octanol–water partition coefficient (Wildman–Crippen LogP) is 4.38. The maximum Gasteiger partial charge on any atom is 0.303 e. The minimum Gasteiger partial charge on any atom is -0.481 e. The number of aromatic nitrogens is 2. The Bertz CT molecular complexity index is 593. The first-order valence-electron chi connectivity index (χ1n) is 7.68. The van der Waals surface area contributed by atoms with Gasteiger partial charge in [0.1, 0.15) is 0 Å². The van der Waals surface area contributed by atoms with E-state index < -0.39 is 5.97 Å². The molecule has 0 bridgehead atoms. The molecular formula is C17H22N2O2S. The lowest BCUT2D eigenvalue weighted by Gasteiger charge is -2.05. The van der Waals surface area contributed by atoms with Crippen molar-refractivity contribution in [3.05, 3.63) is 36.0 Å². The van der Waals surface area contributed by atoms with Crippen LogP contribution in [-0.2, 0) is 11.2 Å². The van der Waals surface area contributed by atoms with E-state index in [0.29, 0.717) is 6.42 Å². The van der Waals surface area contributed by atoms with E-state index in [-0.39, 0.29) is 6.42 Å². The summed E-state index contributed by atoms with van der Waals surface area (Å²) < 4.78 is 0. The molecule has 0 radical (unpaired) electrons. The summed E-state index contributed by atoms with van der Waals surface area (Å²) >= 11 is 1.88. The van der Waals surface area contributed by atoms with Gasteiger partial charge in [-0.05, 0) is 41.9 Å². The molecule has 1 aromatic heterocycles. The Labute approximate surface area is 135 Å². The lowest BCUT2D eigenvalue weighted by molar-refractivity contribution is -0.136. The molecule has 0 unspecified atom stereocenters. The lowest BCUT2D eigenvalue weighted by Crippen LogP contribution is -1.97. The Hall–Kier alpha value is -1.75. The van der Waals surface area contributed by atoms with Gasteiger partial charge >= 0.3 is 5.97 Å². The molecular weight excluding hydrogens is 296 g/mol. The molecule has 1 aromatic carbocycles. The highest BCUT2D eigenvalue weighted by Gasteiger charge is 2.09. The number of nitrogens with one attached hydrogen (secondary N) is 1. The third-order valence-electron chi connectivity index (χ3n) is 3.49. The standard InChI is InChI=1S/C17H22N2O2S/c1-2-3-4-11-22-15-8-5-13(6-9-15)17-14(12-18-19-17)7-10-16(20)21/h5-6,8-9,12H,2-4,7,10-11H2,1H3,(H,18,19)(H,20,21). The van der Waals surface area contributed by atoms with Crippen LogP contribution in [0.1, 0.15) is 38.2 Å². The second-order valence-corrected chi connectivity index (χ2v) is 6.41. The minimum absolute atomic E-state index is 0.123. The number of carbonyl (C=O) groups is 1. The molecule has 0 aliphatic heterocycles.